The van der Waals surface area contributed by atoms with Gasteiger partial charge in [-0.25, -0.2) is 5.43 Å². The van der Waals surface area contributed by atoms with Crippen LogP contribution in [0.5, 0.6) is 0 Å². The number of non-ortho nitro benzene ring substituents is 1. The molecule has 24 heavy (non-hydrogen) atoms. The van der Waals surface area contributed by atoms with Gasteiger partial charge in [-0.1, -0.05) is 23.7 Å². The summed E-state index contributed by atoms with van der Waals surface area (Å²) in [6.45, 7) is 1.71. The lowest BCUT2D eigenvalue weighted by Gasteiger charge is -2.07. The van der Waals surface area contributed by atoms with Gasteiger partial charge in [0.25, 0.3) is 11.6 Å². The fourth-order valence-corrected chi connectivity index (χ4v) is 2.06. The van der Waals surface area contributed by atoms with Crippen LogP contribution in [0.15, 0.2) is 53.6 Å². The van der Waals surface area contributed by atoms with E-state index in [0.29, 0.717) is 22.0 Å². The molecule has 0 heterocycles. The first kappa shape index (κ1) is 17.4. The third-order valence-electron chi connectivity index (χ3n) is 3.16. The van der Waals surface area contributed by atoms with Crippen LogP contribution in [0, 0.1) is 10.1 Å². The Bertz CT molecular complexity index is 775. The Kier molecular flexibility index (Phi) is 5.86. The maximum atomic E-state index is 11.8. The Morgan fingerprint density at radius 1 is 1.21 bits per heavy atom. The van der Waals surface area contributed by atoms with Crippen LogP contribution >= 0.6 is 11.6 Å². The van der Waals surface area contributed by atoms with Gasteiger partial charge in [0.2, 0.25) is 0 Å². The quantitative estimate of drug-likeness (QED) is 0.477. The standard InChI is InChI=1S/C16H15ClN4O3/c1-11(12-6-8-13(9-7-12)21(23)24)19-20-16(22)10-18-15-5-3-2-4-14(15)17/h2-9,18H,10H2,1H3,(H,20,22)/b19-11+. The number of nitrogens with zero attached hydrogens (tertiary/aromatic N) is 2. The molecule has 2 rings (SSSR count). The zero-order chi connectivity index (χ0) is 17.5. The van der Waals surface area contributed by atoms with Gasteiger partial charge in [-0.05, 0) is 36.8 Å². The van der Waals surface area contributed by atoms with Gasteiger partial charge in [0.1, 0.15) is 0 Å². The van der Waals surface area contributed by atoms with Crippen LogP contribution in [-0.2, 0) is 4.79 Å². The number of carbonyl (C=O) groups excluding carboxylic acids is 1. The number of anilines is 1. The molecule has 0 aliphatic carbocycles. The van der Waals surface area contributed by atoms with Gasteiger partial charge in [-0.2, -0.15) is 5.10 Å². The van der Waals surface area contributed by atoms with E-state index in [1.165, 1.54) is 12.1 Å². The molecule has 2 N–H and O–H groups in total. The molecule has 1 amide bonds. The number of rotatable bonds is 6. The van der Waals surface area contributed by atoms with E-state index in [9.17, 15) is 14.9 Å². The van der Waals surface area contributed by atoms with Crippen LogP contribution in [-0.4, -0.2) is 23.1 Å². The summed E-state index contributed by atoms with van der Waals surface area (Å²) in [5.41, 5.74) is 4.29. The van der Waals surface area contributed by atoms with Crippen molar-refractivity contribution in [3.8, 4) is 0 Å². The minimum absolute atomic E-state index is 0.000439. The van der Waals surface area contributed by atoms with E-state index in [1.807, 2.05) is 6.07 Å². The zero-order valence-electron chi connectivity index (χ0n) is 12.8. The summed E-state index contributed by atoms with van der Waals surface area (Å²) in [4.78, 5) is 21.9. The van der Waals surface area contributed by atoms with Crippen LogP contribution in [0.25, 0.3) is 0 Å². The second kappa shape index (κ2) is 8.07. The molecule has 7 nitrogen and oxygen atoms in total. The van der Waals surface area contributed by atoms with E-state index < -0.39 is 4.92 Å². The van der Waals surface area contributed by atoms with Gasteiger partial charge in [0, 0.05) is 12.1 Å². The fourth-order valence-electron chi connectivity index (χ4n) is 1.85. The number of hydrogen-bond donors (Lipinski definition) is 2. The number of amides is 1. The molecule has 0 saturated carbocycles. The van der Waals surface area contributed by atoms with Gasteiger partial charge < -0.3 is 5.32 Å². The molecule has 0 spiro atoms. The van der Waals surface area contributed by atoms with E-state index >= 15 is 0 Å². The second-order valence-electron chi connectivity index (χ2n) is 4.87. The highest BCUT2D eigenvalue weighted by molar-refractivity contribution is 6.33. The summed E-state index contributed by atoms with van der Waals surface area (Å²) in [5, 5.41) is 18.0. The highest BCUT2D eigenvalue weighted by Gasteiger charge is 2.06. The monoisotopic (exact) mass is 346 g/mol. The smallest absolute Gasteiger partial charge is 0.269 e. The highest BCUT2D eigenvalue weighted by atomic mass is 35.5. The van der Waals surface area contributed by atoms with E-state index in [4.69, 9.17) is 11.6 Å². The molecule has 0 aliphatic rings. The lowest BCUT2D eigenvalue weighted by atomic mass is 10.1. The first-order valence-electron chi connectivity index (χ1n) is 7.03. The largest absolute Gasteiger partial charge is 0.375 e. The average Bonchev–Trinajstić information content (AvgIpc) is 2.59. The fraction of sp³-hybridized carbons (Fsp3) is 0.125. The van der Waals surface area contributed by atoms with Crippen LogP contribution in [0.2, 0.25) is 5.02 Å². The Balaban J connectivity index is 1.90. The lowest BCUT2D eigenvalue weighted by Crippen LogP contribution is -2.26. The third-order valence-corrected chi connectivity index (χ3v) is 3.49. The molecular formula is C16H15ClN4O3. The summed E-state index contributed by atoms with van der Waals surface area (Å²) in [5.74, 6) is -0.337. The van der Waals surface area contributed by atoms with Crippen molar-refractivity contribution >= 4 is 34.6 Å². The van der Waals surface area contributed by atoms with Crippen molar-refractivity contribution in [1.29, 1.82) is 0 Å². The van der Waals surface area contributed by atoms with E-state index in [2.05, 4.69) is 15.8 Å². The predicted octanol–water partition coefficient (Wildman–Crippen LogP) is 3.20. The molecule has 0 saturated heterocycles. The van der Waals surface area contributed by atoms with Gasteiger partial charge in [-0.3, -0.25) is 14.9 Å². The summed E-state index contributed by atoms with van der Waals surface area (Å²) in [6, 6.07) is 13.0. The summed E-state index contributed by atoms with van der Waals surface area (Å²) in [6.07, 6.45) is 0. The van der Waals surface area contributed by atoms with Gasteiger partial charge in [0.05, 0.1) is 27.9 Å². The van der Waals surface area contributed by atoms with Crippen molar-refractivity contribution in [3.63, 3.8) is 0 Å². The van der Waals surface area contributed by atoms with Crippen LogP contribution in [0.3, 0.4) is 0 Å². The molecule has 0 unspecified atom stereocenters. The molecule has 8 heteroatoms. The minimum Gasteiger partial charge on any atom is -0.375 e. The molecule has 0 aliphatic heterocycles. The summed E-state index contributed by atoms with van der Waals surface area (Å²) in [7, 11) is 0. The summed E-state index contributed by atoms with van der Waals surface area (Å²) >= 11 is 5.98. The van der Waals surface area contributed by atoms with E-state index in [-0.39, 0.29) is 18.1 Å². The van der Waals surface area contributed by atoms with Crippen LogP contribution < -0.4 is 10.7 Å². The second-order valence-corrected chi connectivity index (χ2v) is 5.28. The van der Waals surface area contributed by atoms with E-state index in [0.717, 1.165) is 0 Å². The first-order chi connectivity index (χ1) is 11.5. The number of hydrazone groups is 1. The zero-order valence-corrected chi connectivity index (χ0v) is 13.6. The van der Waals surface area contributed by atoms with Crippen LogP contribution in [0.4, 0.5) is 11.4 Å². The molecule has 0 aromatic heterocycles. The van der Waals surface area contributed by atoms with Gasteiger partial charge >= 0.3 is 0 Å². The first-order valence-corrected chi connectivity index (χ1v) is 7.41. The highest BCUT2D eigenvalue weighted by Crippen LogP contribution is 2.19. The normalized spacial score (nSPS) is 11.0. The molecule has 0 fully saturated rings. The topological polar surface area (TPSA) is 96.6 Å². The number of nitro benzene ring substituents is 1. The average molecular weight is 347 g/mol. The molecule has 0 radical (unpaired) electrons. The van der Waals surface area contributed by atoms with Gasteiger partial charge in [0.15, 0.2) is 0 Å². The van der Waals surface area contributed by atoms with Crippen molar-refractivity contribution < 1.29 is 9.72 Å². The molecule has 0 atom stereocenters. The minimum atomic E-state index is -0.474. The Morgan fingerprint density at radius 3 is 2.50 bits per heavy atom. The van der Waals surface area contributed by atoms with Crippen LogP contribution in [0.1, 0.15) is 12.5 Å². The SMILES string of the molecule is C/C(=N\NC(=O)CNc1ccccc1Cl)c1ccc([N+](=O)[O-])cc1. The lowest BCUT2D eigenvalue weighted by molar-refractivity contribution is -0.384. The van der Waals surface area contributed by atoms with Crippen molar-refractivity contribution in [1.82, 2.24) is 5.43 Å². The predicted molar refractivity (Wildman–Crippen MR) is 93.4 cm³/mol. The molecule has 2 aromatic rings. The number of halogens is 1. The number of hydrogen-bond acceptors (Lipinski definition) is 5. The number of para-hydroxylation sites is 1. The number of carbonyl (C=O) groups is 1. The number of benzene rings is 2. The van der Waals surface area contributed by atoms with Crippen molar-refractivity contribution in [2.45, 2.75) is 6.92 Å². The number of nitro groups is 1. The molecule has 0 bridgehead atoms. The van der Waals surface area contributed by atoms with Crippen molar-refractivity contribution in [2.75, 3.05) is 11.9 Å². The Hall–Kier alpha value is -2.93. The maximum Gasteiger partial charge on any atom is 0.269 e. The third kappa shape index (κ3) is 4.79. The van der Waals surface area contributed by atoms with Crippen molar-refractivity contribution in [3.05, 3.63) is 69.2 Å². The molecule has 124 valence electrons. The van der Waals surface area contributed by atoms with Gasteiger partial charge in [-0.15, -0.1) is 0 Å². The van der Waals surface area contributed by atoms with Crippen molar-refractivity contribution in [2.24, 2.45) is 5.10 Å². The number of nitrogens with one attached hydrogen (secondary N) is 2. The summed E-state index contributed by atoms with van der Waals surface area (Å²) < 4.78 is 0. The maximum absolute atomic E-state index is 11.8. The Labute approximate surface area is 143 Å². The Morgan fingerprint density at radius 2 is 1.88 bits per heavy atom. The van der Waals surface area contributed by atoms with E-state index in [1.54, 1.807) is 37.3 Å². The molecular weight excluding hydrogens is 332 g/mol. The molecule has 2 aromatic carbocycles.